The van der Waals surface area contributed by atoms with Crippen molar-refractivity contribution in [2.75, 3.05) is 6.61 Å². The molecule has 1 atom stereocenters. The number of aliphatic hydroxyl groups excluding tert-OH is 1. The lowest BCUT2D eigenvalue weighted by Gasteiger charge is -2.07. The van der Waals surface area contributed by atoms with Gasteiger partial charge in [0.05, 0.1) is 11.5 Å². The summed E-state index contributed by atoms with van der Waals surface area (Å²) in [6.07, 6.45) is 0. The van der Waals surface area contributed by atoms with Gasteiger partial charge in [-0.15, -0.1) is 11.8 Å². The molecule has 1 aromatic carbocycles. The van der Waals surface area contributed by atoms with Crippen LogP contribution in [0.15, 0.2) is 34.1 Å². The summed E-state index contributed by atoms with van der Waals surface area (Å²) in [6, 6.07) is 6.27. The lowest BCUT2D eigenvalue weighted by atomic mass is 10.4. The molecule has 0 fully saturated rings. The molecule has 0 aliphatic carbocycles. The number of primary sulfonamides is 1. The Kier molecular flexibility index (Phi) is 4.15. The van der Waals surface area contributed by atoms with Gasteiger partial charge in [0.15, 0.2) is 0 Å². The van der Waals surface area contributed by atoms with E-state index < -0.39 is 10.0 Å². The number of hydrogen-bond acceptors (Lipinski definition) is 4. The van der Waals surface area contributed by atoms with Crippen molar-refractivity contribution in [3.8, 4) is 0 Å². The van der Waals surface area contributed by atoms with Gasteiger partial charge in [0.1, 0.15) is 0 Å². The first kappa shape index (κ1) is 12.5. The van der Waals surface area contributed by atoms with Crippen molar-refractivity contribution in [2.24, 2.45) is 5.14 Å². The average molecular weight is 247 g/mol. The summed E-state index contributed by atoms with van der Waals surface area (Å²) in [4.78, 5) is 1.01. The van der Waals surface area contributed by atoms with E-state index in [9.17, 15) is 8.42 Å². The topological polar surface area (TPSA) is 80.4 Å². The standard InChI is InChI=1S/C9H13NO3S2/c1-7(6-11)14-8-2-4-9(5-3-8)15(10,12)13/h2-5,7,11H,6H2,1H3,(H2,10,12,13). The number of benzene rings is 1. The SMILES string of the molecule is CC(CO)Sc1ccc(S(N)(=O)=O)cc1. The van der Waals surface area contributed by atoms with Gasteiger partial charge in [-0.05, 0) is 24.3 Å². The zero-order valence-corrected chi connectivity index (χ0v) is 9.88. The Balaban J connectivity index is 2.82. The summed E-state index contributed by atoms with van der Waals surface area (Å²) < 4.78 is 21.9. The third-order valence-corrected chi connectivity index (χ3v) is 3.77. The van der Waals surface area contributed by atoms with Gasteiger partial charge in [-0.2, -0.15) is 0 Å². The van der Waals surface area contributed by atoms with Crippen molar-refractivity contribution in [1.82, 2.24) is 0 Å². The lowest BCUT2D eigenvalue weighted by molar-refractivity contribution is 0.300. The second-order valence-corrected chi connectivity index (χ2v) is 6.20. The number of thioether (sulfide) groups is 1. The minimum Gasteiger partial charge on any atom is -0.395 e. The fraction of sp³-hybridized carbons (Fsp3) is 0.333. The summed E-state index contributed by atoms with van der Waals surface area (Å²) in [5.41, 5.74) is 0. The molecule has 0 spiro atoms. The van der Waals surface area contributed by atoms with Crippen LogP contribution >= 0.6 is 11.8 Å². The molecule has 6 heteroatoms. The molecule has 0 bridgehead atoms. The number of sulfonamides is 1. The van der Waals surface area contributed by atoms with E-state index in [1.165, 1.54) is 23.9 Å². The largest absolute Gasteiger partial charge is 0.395 e. The van der Waals surface area contributed by atoms with Crippen LogP contribution in [0.25, 0.3) is 0 Å². The van der Waals surface area contributed by atoms with E-state index in [1.54, 1.807) is 12.1 Å². The van der Waals surface area contributed by atoms with Crippen LogP contribution in [-0.2, 0) is 10.0 Å². The summed E-state index contributed by atoms with van der Waals surface area (Å²) in [5.74, 6) is 0. The summed E-state index contributed by atoms with van der Waals surface area (Å²) in [6.45, 7) is 1.97. The molecule has 0 amide bonds. The fourth-order valence-corrected chi connectivity index (χ4v) is 2.33. The maximum Gasteiger partial charge on any atom is 0.238 e. The van der Waals surface area contributed by atoms with Gasteiger partial charge in [-0.25, -0.2) is 13.6 Å². The Morgan fingerprint density at radius 3 is 2.33 bits per heavy atom. The first-order valence-electron chi connectivity index (χ1n) is 4.34. The van der Waals surface area contributed by atoms with Crippen LogP contribution in [0.4, 0.5) is 0 Å². The smallest absolute Gasteiger partial charge is 0.238 e. The Morgan fingerprint density at radius 1 is 1.40 bits per heavy atom. The first-order valence-corrected chi connectivity index (χ1v) is 6.76. The molecule has 15 heavy (non-hydrogen) atoms. The Morgan fingerprint density at radius 2 is 1.93 bits per heavy atom. The van der Waals surface area contributed by atoms with Crippen LogP contribution in [0.2, 0.25) is 0 Å². The molecule has 3 N–H and O–H groups in total. The predicted octanol–water partition coefficient (Wildman–Crippen LogP) is 0.807. The van der Waals surface area contributed by atoms with Crippen LogP contribution in [0, 0.1) is 0 Å². The van der Waals surface area contributed by atoms with Gasteiger partial charge in [0, 0.05) is 10.1 Å². The zero-order valence-electron chi connectivity index (χ0n) is 8.25. The molecule has 84 valence electrons. The molecule has 1 unspecified atom stereocenters. The highest BCUT2D eigenvalue weighted by atomic mass is 32.2. The van der Waals surface area contributed by atoms with Crippen LogP contribution in [0.5, 0.6) is 0 Å². The summed E-state index contributed by atoms with van der Waals surface area (Å²) >= 11 is 1.48. The van der Waals surface area contributed by atoms with E-state index >= 15 is 0 Å². The molecule has 0 aliphatic heterocycles. The third kappa shape index (κ3) is 3.83. The van der Waals surface area contributed by atoms with E-state index in [-0.39, 0.29) is 16.8 Å². The van der Waals surface area contributed by atoms with Crippen molar-refractivity contribution in [1.29, 1.82) is 0 Å². The Hall–Kier alpha value is -0.560. The summed E-state index contributed by atoms with van der Waals surface area (Å²) in [7, 11) is -3.61. The predicted molar refractivity (Wildman–Crippen MR) is 60.2 cm³/mol. The molecule has 0 saturated carbocycles. The molecular weight excluding hydrogens is 234 g/mol. The number of hydrogen-bond donors (Lipinski definition) is 2. The van der Waals surface area contributed by atoms with Crippen LogP contribution in [0.1, 0.15) is 6.92 Å². The molecular formula is C9H13NO3S2. The van der Waals surface area contributed by atoms with E-state index in [0.717, 1.165) is 4.90 Å². The number of aliphatic hydroxyl groups is 1. The van der Waals surface area contributed by atoms with Crippen LogP contribution in [0.3, 0.4) is 0 Å². The van der Waals surface area contributed by atoms with Crippen molar-refractivity contribution in [3.05, 3.63) is 24.3 Å². The second-order valence-electron chi connectivity index (χ2n) is 3.13. The third-order valence-electron chi connectivity index (χ3n) is 1.75. The van der Waals surface area contributed by atoms with Crippen molar-refractivity contribution < 1.29 is 13.5 Å². The van der Waals surface area contributed by atoms with Crippen molar-refractivity contribution in [2.45, 2.75) is 22.0 Å². The van der Waals surface area contributed by atoms with Gasteiger partial charge < -0.3 is 5.11 Å². The van der Waals surface area contributed by atoms with Crippen LogP contribution in [-0.4, -0.2) is 25.4 Å². The van der Waals surface area contributed by atoms with Gasteiger partial charge in [0.2, 0.25) is 10.0 Å². The van der Waals surface area contributed by atoms with Gasteiger partial charge >= 0.3 is 0 Å². The maximum absolute atomic E-state index is 11.0. The highest BCUT2D eigenvalue weighted by molar-refractivity contribution is 8.00. The number of rotatable bonds is 4. The normalized spacial score (nSPS) is 13.8. The molecule has 0 saturated heterocycles. The quantitative estimate of drug-likeness (QED) is 0.771. The van der Waals surface area contributed by atoms with Crippen LogP contribution < -0.4 is 5.14 Å². The average Bonchev–Trinajstić information content (AvgIpc) is 2.17. The van der Waals surface area contributed by atoms with E-state index in [1.807, 2.05) is 6.92 Å². The highest BCUT2D eigenvalue weighted by Crippen LogP contribution is 2.23. The monoisotopic (exact) mass is 247 g/mol. The van der Waals surface area contributed by atoms with E-state index in [4.69, 9.17) is 10.2 Å². The minimum atomic E-state index is -3.61. The minimum absolute atomic E-state index is 0.0849. The second kappa shape index (κ2) is 4.98. The maximum atomic E-state index is 11.0. The molecule has 0 aromatic heterocycles. The van der Waals surface area contributed by atoms with Gasteiger partial charge in [-0.3, -0.25) is 0 Å². The molecule has 1 aromatic rings. The summed E-state index contributed by atoms with van der Waals surface area (Å²) in [5, 5.41) is 13.9. The molecule has 1 rings (SSSR count). The Labute approximate surface area is 93.5 Å². The van der Waals surface area contributed by atoms with Crippen molar-refractivity contribution >= 4 is 21.8 Å². The van der Waals surface area contributed by atoms with E-state index in [0.29, 0.717) is 0 Å². The van der Waals surface area contributed by atoms with Gasteiger partial charge in [0.25, 0.3) is 0 Å². The molecule has 0 aliphatic rings. The molecule has 0 heterocycles. The first-order chi connectivity index (χ1) is 6.93. The van der Waals surface area contributed by atoms with E-state index in [2.05, 4.69) is 0 Å². The lowest BCUT2D eigenvalue weighted by Crippen LogP contribution is -2.11. The Bertz CT molecular complexity index is 413. The van der Waals surface area contributed by atoms with Gasteiger partial charge in [-0.1, -0.05) is 6.92 Å². The molecule has 0 radical (unpaired) electrons. The van der Waals surface area contributed by atoms with Crippen molar-refractivity contribution in [3.63, 3.8) is 0 Å². The molecule has 4 nitrogen and oxygen atoms in total. The highest BCUT2D eigenvalue weighted by Gasteiger charge is 2.08. The number of nitrogens with two attached hydrogens (primary N) is 1. The fourth-order valence-electron chi connectivity index (χ4n) is 0.977. The zero-order chi connectivity index (χ0) is 11.5.